The van der Waals surface area contributed by atoms with E-state index in [9.17, 15) is 5.11 Å². The molecule has 0 spiro atoms. The Morgan fingerprint density at radius 2 is 2.05 bits per heavy atom. The fourth-order valence-electron chi connectivity index (χ4n) is 3.83. The van der Waals surface area contributed by atoms with Gasteiger partial charge in [0.1, 0.15) is 5.75 Å². The Morgan fingerprint density at radius 3 is 2.82 bits per heavy atom. The molecule has 2 aliphatic rings. The molecule has 0 amide bonds. The van der Waals surface area contributed by atoms with Crippen LogP contribution in [0.2, 0.25) is 0 Å². The maximum Gasteiger partial charge on any atom is 0.120 e. The molecule has 1 aromatic heterocycles. The molecule has 1 N–H and O–H groups in total. The van der Waals surface area contributed by atoms with Gasteiger partial charge in [-0.1, -0.05) is 6.07 Å². The Morgan fingerprint density at radius 1 is 1.23 bits per heavy atom. The van der Waals surface area contributed by atoms with Crippen molar-refractivity contribution in [3.05, 3.63) is 41.6 Å². The van der Waals surface area contributed by atoms with E-state index in [0.29, 0.717) is 12.6 Å². The van der Waals surface area contributed by atoms with E-state index in [4.69, 9.17) is 4.74 Å². The maximum absolute atomic E-state index is 9.70. The second-order valence-electron chi connectivity index (χ2n) is 6.71. The summed E-state index contributed by atoms with van der Waals surface area (Å²) in [6.45, 7) is 2.48. The molecule has 3 nitrogen and oxygen atoms in total. The van der Waals surface area contributed by atoms with Crippen molar-refractivity contribution in [1.82, 2.24) is 4.57 Å². The zero-order chi connectivity index (χ0) is 15.1. The van der Waals surface area contributed by atoms with Crippen LogP contribution in [0.5, 0.6) is 5.75 Å². The van der Waals surface area contributed by atoms with Gasteiger partial charge < -0.3 is 14.4 Å². The second kappa shape index (κ2) is 5.47. The summed E-state index contributed by atoms with van der Waals surface area (Å²) in [5.41, 5.74) is 5.25. The van der Waals surface area contributed by atoms with Crippen LogP contribution in [-0.4, -0.2) is 21.9 Å². The van der Waals surface area contributed by atoms with Gasteiger partial charge in [-0.2, -0.15) is 0 Å². The standard InChI is InChI=1S/C19H23NO2/c1-13(21)12-20-9-8-15-10-14-6-7-17(11-18(14)19(15)20)22-16-4-2-3-5-16/h6-9,11,13,16,21H,2-5,10,12H2,1H3. The molecule has 4 rings (SSSR count). The first-order valence-corrected chi connectivity index (χ1v) is 8.37. The SMILES string of the molecule is CC(O)Cn1ccc2c1-c1cc(OC3CCCC3)ccc1C2. The van der Waals surface area contributed by atoms with E-state index in [1.165, 1.54) is 48.1 Å². The maximum atomic E-state index is 9.70. The summed E-state index contributed by atoms with van der Waals surface area (Å²) in [6.07, 6.45) is 8.07. The Balaban J connectivity index is 1.65. The molecule has 116 valence electrons. The molecule has 3 heteroatoms. The first kappa shape index (κ1) is 13.9. The highest BCUT2D eigenvalue weighted by Gasteiger charge is 2.24. The fourth-order valence-corrected chi connectivity index (χ4v) is 3.83. The Kier molecular flexibility index (Phi) is 3.45. The monoisotopic (exact) mass is 297 g/mol. The third-order valence-electron chi connectivity index (χ3n) is 4.83. The van der Waals surface area contributed by atoms with Crippen molar-refractivity contribution in [3.63, 3.8) is 0 Å². The molecule has 1 heterocycles. The van der Waals surface area contributed by atoms with E-state index < -0.39 is 0 Å². The molecule has 1 atom stereocenters. The van der Waals surface area contributed by atoms with Crippen LogP contribution in [0.25, 0.3) is 11.3 Å². The van der Waals surface area contributed by atoms with Crippen LogP contribution < -0.4 is 4.74 Å². The summed E-state index contributed by atoms with van der Waals surface area (Å²) in [6, 6.07) is 8.68. The summed E-state index contributed by atoms with van der Waals surface area (Å²) in [5.74, 6) is 0.989. The average Bonchev–Trinajstić information content (AvgIpc) is 3.16. The van der Waals surface area contributed by atoms with Crippen LogP contribution in [0.4, 0.5) is 0 Å². The van der Waals surface area contributed by atoms with Gasteiger partial charge in [0, 0.05) is 24.7 Å². The first-order valence-electron chi connectivity index (χ1n) is 8.37. The van der Waals surface area contributed by atoms with Crippen LogP contribution in [-0.2, 0) is 13.0 Å². The first-order chi connectivity index (χ1) is 10.7. The van der Waals surface area contributed by atoms with Crippen LogP contribution in [0, 0.1) is 0 Å². The summed E-state index contributed by atoms with van der Waals surface area (Å²) in [5, 5.41) is 9.70. The number of rotatable bonds is 4. The molecular weight excluding hydrogens is 274 g/mol. The number of hydrogen-bond donors (Lipinski definition) is 1. The molecule has 1 saturated carbocycles. The van der Waals surface area contributed by atoms with E-state index in [2.05, 4.69) is 35.0 Å². The largest absolute Gasteiger partial charge is 0.490 e. The predicted octanol–water partition coefficient (Wildman–Crippen LogP) is 3.76. The smallest absolute Gasteiger partial charge is 0.120 e. The molecule has 1 fully saturated rings. The van der Waals surface area contributed by atoms with Crippen LogP contribution >= 0.6 is 0 Å². The summed E-state index contributed by atoms with van der Waals surface area (Å²) >= 11 is 0. The molecule has 1 unspecified atom stereocenters. The van der Waals surface area contributed by atoms with Gasteiger partial charge in [-0.15, -0.1) is 0 Å². The third-order valence-corrected chi connectivity index (χ3v) is 4.83. The number of aliphatic hydroxyl groups is 1. The molecule has 0 aliphatic heterocycles. The van der Waals surface area contributed by atoms with E-state index in [0.717, 1.165) is 12.2 Å². The number of ether oxygens (including phenoxy) is 1. The van der Waals surface area contributed by atoms with E-state index >= 15 is 0 Å². The number of aliphatic hydroxyl groups excluding tert-OH is 1. The van der Waals surface area contributed by atoms with Crippen molar-refractivity contribution in [1.29, 1.82) is 0 Å². The highest BCUT2D eigenvalue weighted by Crippen LogP contribution is 2.40. The second-order valence-corrected chi connectivity index (χ2v) is 6.71. The number of aromatic nitrogens is 1. The minimum Gasteiger partial charge on any atom is -0.490 e. The van der Waals surface area contributed by atoms with Crippen LogP contribution in [0.3, 0.4) is 0 Å². The Bertz CT molecular complexity index is 681. The highest BCUT2D eigenvalue weighted by molar-refractivity contribution is 5.75. The van der Waals surface area contributed by atoms with Crippen molar-refractivity contribution in [3.8, 4) is 17.0 Å². The molecular formula is C19H23NO2. The minimum atomic E-state index is -0.335. The van der Waals surface area contributed by atoms with Gasteiger partial charge in [0.2, 0.25) is 0 Å². The van der Waals surface area contributed by atoms with Crippen molar-refractivity contribution < 1.29 is 9.84 Å². The third kappa shape index (κ3) is 2.44. The molecule has 2 aromatic rings. The molecule has 22 heavy (non-hydrogen) atoms. The van der Waals surface area contributed by atoms with Gasteiger partial charge in [-0.3, -0.25) is 0 Å². The van der Waals surface area contributed by atoms with Crippen molar-refractivity contribution in [2.24, 2.45) is 0 Å². The molecule has 0 radical (unpaired) electrons. The fraction of sp³-hybridized carbons (Fsp3) is 0.474. The van der Waals surface area contributed by atoms with Gasteiger partial charge >= 0.3 is 0 Å². The molecule has 0 bridgehead atoms. The van der Waals surface area contributed by atoms with E-state index in [-0.39, 0.29) is 6.10 Å². The van der Waals surface area contributed by atoms with Crippen molar-refractivity contribution in [2.75, 3.05) is 0 Å². The Hall–Kier alpha value is -1.74. The predicted molar refractivity (Wildman–Crippen MR) is 87.2 cm³/mol. The number of benzene rings is 1. The van der Waals surface area contributed by atoms with Gasteiger partial charge in [0.15, 0.2) is 0 Å². The normalized spacial score (nSPS) is 18.3. The van der Waals surface area contributed by atoms with Gasteiger partial charge in [0.25, 0.3) is 0 Å². The van der Waals surface area contributed by atoms with E-state index in [1.54, 1.807) is 0 Å². The van der Waals surface area contributed by atoms with Crippen molar-refractivity contribution >= 4 is 0 Å². The van der Waals surface area contributed by atoms with Crippen LogP contribution in [0.15, 0.2) is 30.5 Å². The van der Waals surface area contributed by atoms with Gasteiger partial charge in [-0.05, 0) is 61.9 Å². The Labute approximate surface area is 131 Å². The summed E-state index contributed by atoms with van der Waals surface area (Å²) in [4.78, 5) is 0. The molecule has 0 saturated heterocycles. The summed E-state index contributed by atoms with van der Waals surface area (Å²) in [7, 11) is 0. The van der Waals surface area contributed by atoms with Crippen LogP contribution in [0.1, 0.15) is 43.7 Å². The number of hydrogen-bond acceptors (Lipinski definition) is 2. The topological polar surface area (TPSA) is 34.4 Å². The lowest BCUT2D eigenvalue weighted by atomic mass is 10.1. The minimum absolute atomic E-state index is 0.335. The van der Waals surface area contributed by atoms with E-state index in [1.807, 2.05) is 6.92 Å². The lowest BCUT2D eigenvalue weighted by Gasteiger charge is -2.15. The number of nitrogens with zero attached hydrogens (tertiary/aromatic N) is 1. The van der Waals surface area contributed by atoms with Gasteiger partial charge in [0.05, 0.1) is 17.9 Å². The zero-order valence-electron chi connectivity index (χ0n) is 13.1. The quantitative estimate of drug-likeness (QED) is 0.795. The molecule has 1 aromatic carbocycles. The van der Waals surface area contributed by atoms with Crippen molar-refractivity contribution in [2.45, 2.75) is 57.8 Å². The van der Waals surface area contributed by atoms with Gasteiger partial charge in [-0.25, -0.2) is 0 Å². The highest BCUT2D eigenvalue weighted by atomic mass is 16.5. The zero-order valence-corrected chi connectivity index (χ0v) is 13.1. The lowest BCUT2D eigenvalue weighted by Crippen LogP contribution is -2.12. The summed E-state index contributed by atoms with van der Waals surface area (Å²) < 4.78 is 8.33. The average molecular weight is 297 g/mol. The number of fused-ring (bicyclic) bond motifs is 3. The lowest BCUT2D eigenvalue weighted by molar-refractivity contribution is 0.174. The molecule has 2 aliphatic carbocycles.